The average Bonchev–Trinajstić information content (AvgIpc) is 2.29. The van der Waals surface area contributed by atoms with Crippen molar-refractivity contribution >= 4 is 13.4 Å². The summed E-state index contributed by atoms with van der Waals surface area (Å²) in [6.07, 6.45) is 0. The van der Waals surface area contributed by atoms with Crippen LogP contribution in [-0.2, 0) is 12.0 Å². The third-order valence-electron chi connectivity index (χ3n) is 2.05. The van der Waals surface area contributed by atoms with E-state index < -0.39 is 0 Å². The normalized spacial score (nSPS) is 12.0. The SMILES string of the molecule is Bc1cc(C(C)(C)C)nn1CC. The van der Waals surface area contributed by atoms with Gasteiger partial charge in [0.15, 0.2) is 7.85 Å². The zero-order valence-electron chi connectivity index (χ0n) is 8.68. The molecule has 0 fully saturated rings. The average molecular weight is 164 g/mol. The molecule has 0 radical (unpaired) electrons. The summed E-state index contributed by atoms with van der Waals surface area (Å²) in [5.41, 5.74) is 2.61. The highest BCUT2D eigenvalue weighted by atomic mass is 15.3. The molecule has 0 N–H and O–H groups in total. The molecule has 1 rings (SSSR count). The fourth-order valence-corrected chi connectivity index (χ4v) is 1.20. The van der Waals surface area contributed by atoms with Crippen molar-refractivity contribution in [1.29, 1.82) is 0 Å². The predicted molar refractivity (Wildman–Crippen MR) is 54.8 cm³/mol. The van der Waals surface area contributed by atoms with Crippen molar-refractivity contribution in [2.75, 3.05) is 0 Å². The largest absolute Gasteiger partial charge is 0.280 e. The standard InChI is InChI=1S/C9H17BN2/c1-5-12-8(10)6-7(11-12)9(2,3)4/h6H,5,10H2,1-4H3. The minimum Gasteiger partial charge on any atom is -0.280 e. The Kier molecular flexibility index (Phi) is 2.31. The Bertz CT molecular complexity index is 271. The quantitative estimate of drug-likeness (QED) is 0.551. The van der Waals surface area contributed by atoms with Crippen molar-refractivity contribution in [1.82, 2.24) is 9.78 Å². The van der Waals surface area contributed by atoms with Crippen LogP contribution in [-0.4, -0.2) is 17.6 Å². The van der Waals surface area contributed by atoms with E-state index in [-0.39, 0.29) is 5.41 Å². The summed E-state index contributed by atoms with van der Waals surface area (Å²) in [5.74, 6) is 0. The summed E-state index contributed by atoms with van der Waals surface area (Å²) >= 11 is 0. The van der Waals surface area contributed by atoms with E-state index in [4.69, 9.17) is 0 Å². The Morgan fingerprint density at radius 2 is 2.08 bits per heavy atom. The molecule has 0 aliphatic carbocycles. The Morgan fingerprint density at radius 3 is 2.33 bits per heavy atom. The third kappa shape index (κ3) is 1.71. The van der Waals surface area contributed by atoms with Crippen LogP contribution in [0.5, 0.6) is 0 Å². The number of nitrogens with zero attached hydrogens (tertiary/aromatic N) is 2. The molecule has 0 spiro atoms. The molecular formula is C9H17BN2. The van der Waals surface area contributed by atoms with E-state index in [9.17, 15) is 0 Å². The maximum Gasteiger partial charge on any atom is 0.163 e. The van der Waals surface area contributed by atoms with Gasteiger partial charge in [0.2, 0.25) is 0 Å². The molecule has 0 aliphatic rings. The minimum atomic E-state index is 0.172. The predicted octanol–water partition coefficient (Wildman–Crippen LogP) is 0.459. The molecule has 0 aliphatic heterocycles. The van der Waals surface area contributed by atoms with Crippen molar-refractivity contribution < 1.29 is 0 Å². The summed E-state index contributed by atoms with van der Waals surface area (Å²) in [7, 11) is 2.10. The van der Waals surface area contributed by atoms with Crippen molar-refractivity contribution in [2.24, 2.45) is 0 Å². The van der Waals surface area contributed by atoms with E-state index in [1.165, 1.54) is 11.3 Å². The minimum absolute atomic E-state index is 0.172. The first-order valence-corrected chi connectivity index (χ1v) is 4.50. The molecule has 0 aromatic carbocycles. The maximum atomic E-state index is 4.52. The van der Waals surface area contributed by atoms with Crippen LogP contribution < -0.4 is 5.59 Å². The number of hydrogen-bond acceptors (Lipinski definition) is 1. The topological polar surface area (TPSA) is 17.8 Å². The maximum absolute atomic E-state index is 4.52. The van der Waals surface area contributed by atoms with Gasteiger partial charge in [-0.25, -0.2) is 0 Å². The van der Waals surface area contributed by atoms with E-state index in [1.54, 1.807) is 0 Å². The van der Waals surface area contributed by atoms with Crippen LogP contribution >= 0.6 is 0 Å². The monoisotopic (exact) mass is 164 g/mol. The van der Waals surface area contributed by atoms with Crippen LogP contribution in [0.1, 0.15) is 33.4 Å². The zero-order chi connectivity index (χ0) is 9.35. The lowest BCUT2D eigenvalue weighted by atomic mass is 9.91. The van der Waals surface area contributed by atoms with Crippen LogP contribution in [0.15, 0.2) is 6.07 Å². The van der Waals surface area contributed by atoms with E-state index in [0.717, 1.165) is 6.54 Å². The Morgan fingerprint density at radius 1 is 1.50 bits per heavy atom. The molecule has 3 heteroatoms. The second kappa shape index (κ2) is 2.96. The van der Waals surface area contributed by atoms with Gasteiger partial charge in [-0.3, -0.25) is 4.68 Å². The molecular weight excluding hydrogens is 147 g/mol. The second-order valence-electron chi connectivity index (χ2n) is 4.24. The zero-order valence-corrected chi connectivity index (χ0v) is 8.68. The van der Waals surface area contributed by atoms with Crippen LogP contribution in [0, 0.1) is 0 Å². The van der Waals surface area contributed by atoms with E-state index in [2.05, 4.69) is 46.7 Å². The van der Waals surface area contributed by atoms with Crippen LogP contribution in [0.4, 0.5) is 0 Å². The van der Waals surface area contributed by atoms with Gasteiger partial charge in [-0.2, -0.15) is 5.10 Å². The number of hydrogen-bond donors (Lipinski definition) is 0. The van der Waals surface area contributed by atoms with E-state index in [1.807, 2.05) is 4.68 Å². The van der Waals surface area contributed by atoms with Crippen molar-refractivity contribution in [3.63, 3.8) is 0 Å². The number of rotatable bonds is 1. The van der Waals surface area contributed by atoms with Gasteiger partial charge in [0.05, 0.1) is 5.69 Å². The Balaban J connectivity index is 3.05. The van der Waals surface area contributed by atoms with E-state index in [0.29, 0.717) is 0 Å². The second-order valence-corrected chi connectivity index (χ2v) is 4.24. The fraction of sp³-hybridized carbons (Fsp3) is 0.667. The molecule has 2 nitrogen and oxygen atoms in total. The molecule has 0 saturated carbocycles. The summed E-state index contributed by atoms with van der Waals surface area (Å²) in [6.45, 7) is 9.65. The lowest BCUT2D eigenvalue weighted by Gasteiger charge is -2.14. The highest BCUT2D eigenvalue weighted by molar-refractivity contribution is 6.30. The summed E-state index contributed by atoms with van der Waals surface area (Å²) < 4.78 is 2.04. The Labute approximate surface area is 75.4 Å². The fourth-order valence-electron chi connectivity index (χ4n) is 1.20. The van der Waals surface area contributed by atoms with Gasteiger partial charge in [-0.05, 0) is 18.6 Å². The molecule has 0 atom stereocenters. The highest BCUT2D eigenvalue weighted by Gasteiger charge is 2.17. The molecule has 66 valence electrons. The van der Waals surface area contributed by atoms with E-state index >= 15 is 0 Å². The van der Waals surface area contributed by atoms with Gasteiger partial charge >= 0.3 is 0 Å². The van der Waals surface area contributed by atoms with Crippen molar-refractivity contribution in [3.8, 4) is 0 Å². The van der Waals surface area contributed by atoms with Crippen molar-refractivity contribution in [3.05, 3.63) is 11.8 Å². The first-order chi connectivity index (χ1) is 5.45. The molecule has 12 heavy (non-hydrogen) atoms. The van der Waals surface area contributed by atoms with Crippen LogP contribution in [0.3, 0.4) is 0 Å². The first-order valence-electron chi connectivity index (χ1n) is 4.50. The van der Waals surface area contributed by atoms with Gasteiger partial charge in [-0.15, -0.1) is 0 Å². The third-order valence-corrected chi connectivity index (χ3v) is 2.05. The van der Waals surface area contributed by atoms with Crippen molar-refractivity contribution in [2.45, 2.75) is 39.7 Å². The highest BCUT2D eigenvalue weighted by Crippen LogP contribution is 2.18. The van der Waals surface area contributed by atoms with Crippen LogP contribution in [0.2, 0.25) is 0 Å². The molecule has 1 aromatic heterocycles. The molecule has 0 bridgehead atoms. The summed E-state index contributed by atoms with van der Waals surface area (Å²) in [6, 6.07) is 2.17. The van der Waals surface area contributed by atoms with Crippen LogP contribution in [0.25, 0.3) is 0 Å². The first kappa shape index (κ1) is 9.36. The Hall–Kier alpha value is -0.725. The molecule has 0 amide bonds. The van der Waals surface area contributed by atoms with Gasteiger partial charge in [0.1, 0.15) is 0 Å². The van der Waals surface area contributed by atoms with Gasteiger partial charge in [0, 0.05) is 12.0 Å². The molecule has 0 saturated heterocycles. The number of aryl methyl sites for hydroxylation is 1. The number of aromatic nitrogens is 2. The molecule has 0 unspecified atom stereocenters. The van der Waals surface area contributed by atoms with Gasteiger partial charge in [-0.1, -0.05) is 20.8 Å². The summed E-state index contributed by atoms with van der Waals surface area (Å²) in [4.78, 5) is 0. The van der Waals surface area contributed by atoms with Gasteiger partial charge in [0.25, 0.3) is 0 Å². The molecule has 1 aromatic rings. The lowest BCUT2D eigenvalue weighted by Crippen LogP contribution is -2.16. The lowest BCUT2D eigenvalue weighted by molar-refractivity contribution is 0.543. The smallest absolute Gasteiger partial charge is 0.163 e. The molecule has 1 heterocycles. The summed E-state index contributed by atoms with van der Waals surface area (Å²) in [5, 5.41) is 4.52. The van der Waals surface area contributed by atoms with Gasteiger partial charge < -0.3 is 0 Å².